The molecule has 70 valence electrons. The predicted octanol–water partition coefficient (Wildman–Crippen LogP) is -0.820. The molecule has 0 bridgehead atoms. The minimum Gasteiger partial charge on any atom is -0.478 e. The number of carboxylic acids is 2. The highest BCUT2D eigenvalue weighted by Crippen LogP contribution is 2.08. The van der Waals surface area contributed by atoms with E-state index in [0.29, 0.717) is 6.08 Å². The van der Waals surface area contributed by atoms with Crippen LogP contribution < -0.4 is 5.73 Å². The Balaban J connectivity index is 4.93. The Morgan fingerprint density at radius 1 is 1.54 bits per heavy atom. The van der Waals surface area contributed by atoms with Gasteiger partial charge in [0.15, 0.2) is 0 Å². The minimum atomic E-state index is -1.44. The molecule has 0 aromatic heterocycles. The Bertz CT molecular complexity index is 289. The van der Waals surface area contributed by atoms with Crippen molar-refractivity contribution in [3.63, 3.8) is 0 Å². The van der Waals surface area contributed by atoms with E-state index in [-0.39, 0.29) is 6.54 Å². The van der Waals surface area contributed by atoms with Crippen molar-refractivity contribution in [3.8, 4) is 6.07 Å². The van der Waals surface area contributed by atoms with E-state index in [9.17, 15) is 9.59 Å². The first-order valence-electron chi connectivity index (χ1n) is 3.30. The van der Waals surface area contributed by atoms with Crippen LogP contribution in [-0.2, 0) is 9.59 Å². The lowest BCUT2D eigenvalue weighted by molar-refractivity contribution is -0.135. The van der Waals surface area contributed by atoms with Crippen molar-refractivity contribution in [1.29, 1.82) is 5.26 Å². The minimum absolute atomic E-state index is 0.220. The van der Waals surface area contributed by atoms with Crippen LogP contribution in [0, 0.1) is 17.2 Å². The molecule has 6 heteroatoms. The number of nitriles is 1. The van der Waals surface area contributed by atoms with E-state index in [2.05, 4.69) is 0 Å². The van der Waals surface area contributed by atoms with Crippen molar-refractivity contribution in [2.75, 3.05) is 6.54 Å². The first kappa shape index (κ1) is 11.1. The van der Waals surface area contributed by atoms with Gasteiger partial charge in [-0.05, 0) is 0 Å². The summed E-state index contributed by atoms with van der Waals surface area (Å²) in [7, 11) is 0. The summed E-state index contributed by atoms with van der Waals surface area (Å²) in [6, 6.07) is 1.60. The van der Waals surface area contributed by atoms with Gasteiger partial charge in [0.05, 0.1) is 17.6 Å². The third-order valence-electron chi connectivity index (χ3n) is 1.29. The summed E-state index contributed by atoms with van der Waals surface area (Å²) in [6.45, 7) is -0.220. The maximum atomic E-state index is 10.5. The molecule has 0 heterocycles. The number of carboxylic acid groups (broad SMARTS) is 2. The smallest absolute Gasteiger partial charge is 0.333 e. The lowest BCUT2D eigenvalue weighted by Crippen LogP contribution is -2.20. The molecular weight excluding hydrogens is 176 g/mol. The average molecular weight is 184 g/mol. The molecule has 0 fully saturated rings. The zero-order chi connectivity index (χ0) is 10.4. The number of nitrogens with zero attached hydrogens (tertiary/aromatic N) is 1. The molecule has 0 spiro atoms. The van der Waals surface area contributed by atoms with Crippen LogP contribution in [0.4, 0.5) is 0 Å². The van der Waals surface area contributed by atoms with Crippen LogP contribution in [0.25, 0.3) is 0 Å². The topological polar surface area (TPSA) is 124 Å². The highest BCUT2D eigenvalue weighted by atomic mass is 16.4. The zero-order valence-corrected chi connectivity index (χ0v) is 6.60. The van der Waals surface area contributed by atoms with Crippen molar-refractivity contribution in [2.24, 2.45) is 11.7 Å². The summed E-state index contributed by atoms with van der Waals surface area (Å²) in [5, 5.41) is 25.2. The first-order valence-corrected chi connectivity index (χ1v) is 3.30. The van der Waals surface area contributed by atoms with Gasteiger partial charge in [-0.2, -0.15) is 5.26 Å². The molecule has 0 rings (SSSR count). The molecule has 0 aliphatic heterocycles. The molecule has 0 aliphatic rings. The molecular formula is C7H8N2O4. The van der Waals surface area contributed by atoms with Gasteiger partial charge in [-0.25, -0.2) is 9.59 Å². The Labute approximate surface area is 73.9 Å². The van der Waals surface area contributed by atoms with E-state index < -0.39 is 23.4 Å². The van der Waals surface area contributed by atoms with Gasteiger partial charge in [0, 0.05) is 12.6 Å². The summed E-state index contributed by atoms with van der Waals surface area (Å²) >= 11 is 0. The van der Waals surface area contributed by atoms with Crippen LogP contribution in [0.15, 0.2) is 11.6 Å². The molecule has 0 saturated heterocycles. The molecule has 13 heavy (non-hydrogen) atoms. The number of hydrogen-bond donors (Lipinski definition) is 3. The van der Waals surface area contributed by atoms with Gasteiger partial charge in [-0.1, -0.05) is 0 Å². The maximum Gasteiger partial charge on any atom is 0.333 e. The van der Waals surface area contributed by atoms with E-state index in [0.717, 1.165) is 0 Å². The average Bonchev–Trinajstić information content (AvgIpc) is 2.04. The molecule has 0 aliphatic carbocycles. The second-order valence-corrected chi connectivity index (χ2v) is 2.16. The second kappa shape index (κ2) is 4.90. The Kier molecular flexibility index (Phi) is 4.19. The number of rotatable bonds is 4. The largest absolute Gasteiger partial charge is 0.478 e. The van der Waals surface area contributed by atoms with Crippen LogP contribution in [0.5, 0.6) is 0 Å². The molecule has 0 amide bonds. The van der Waals surface area contributed by atoms with Crippen LogP contribution in [0.3, 0.4) is 0 Å². The standard InChI is InChI=1S/C7H8N2O4/c8-2-4(3-9)5(7(12)13)1-6(10)11/h1,4H,2,8H2,(H,10,11)(H,12,13)/b5-1-. The fourth-order valence-corrected chi connectivity index (χ4v) is 0.694. The fraction of sp³-hybridized carbons (Fsp3) is 0.286. The monoisotopic (exact) mass is 184 g/mol. The van der Waals surface area contributed by atoms with Crippen LogP contribution >= 0.6 is 0 Å². The Hall–Kier alpha value is -1.87. The molecule has 1 atom stereocenters. The highest BCUT2D eigenvalue weighted by Gasteiger charge is 2.19. The third-order valence-corrected chi connectivity index (χ3v) is 1.29. The van der Waals surface area contributed by atoms with Crippen LogP contribution in [0.2, 0.25) is 0 Å². The molecule has 0 aromatic carbocycles. The van der Waals surface area contributed by atoms with Gasteiger partial charge in [0.1, 0.15) is 0 Å². The van der Waals surface area contributed by atoms with Crippen molar-refractivity contribution < 1.29 is 19.8 Å². The van der Waals surface area contributed by atoms with Gasteiger partial charge in [0.25, 0.3) is 0 Å². The van der Waals surface area contributed by atoms with Gasteiger partial charge in [0.2, 0.25) is 0 Å². The summed E-state index contributed by atoms with van der Waals surface area (Å²) in [6.07, 6.45) is 0.475. The van der Waals surface area contributed by atoms with E-state index >= 15 is 0 Å². The molecule has 1 unspecified atom stereocenters. The molecule has 0 saturated carbocycles. The number of nitrogens with two attached hydrogens (primary N) is 1. The van der Waals surface area contributed by atoms with E-state index in [1.54, 1.807) is 6.07 Å². The van der Waals surface area contributed by atoms with Gasteiger partial charge >= 0.3 is 11.9 Å². The molecule has 6 nitrogen and oxygen atoms in total. The lowest BCUT2D eigenvalue weighted by Gasteiger charge is -2.04. The van der Waals surface area contributed by atoms with E-state index in [1.807, 2.05) is 0 Å². The molecule has 0 aromatic rings. The lowest BCUT2D eigenvalue weighted by atomic mass is 10.0. The summed E-state index contributed by atoms with van der Waals surface area (Å²) in [5.74, 6) is -3.95. The number of hydrogen-bond acceptors (Lipinski definition) is 4. The first-order chi connectivity index (χ1) is 6.02. The van der Waals surface area contributed by atoms with Crippen molar-refractivity contribution in [3.05, 3.63) is 11.6 Å². The van der Waals surface area contributed by atoms with E-state index in [4.69, 9.17) is 21.2 Å². The predicted molar refractivity (Wildman–Crippen MR) is 41.5 cm³/mol. The van der Waals surface area contributed by atoms with Crippen molar-refractivity contribution >= 4 is 11.9 Å². The van der Waals surface area contributed by atoms with Gasteiger partial charge < -0.3 is 15.9 Å². The number of carbonyl (C=O) groups is 2. The second-order valence-electron chi connectivity index (χ2n) is 2.16. The van der Waals surface area contributed by atoms with Crippen molar-refractivity contribution in [2.45, 2.75) is 0 Å². The summed E-state index contributed by atoms with van der Waals surface area (Å²) in [5.41, 5.74) is 4.58. The molecule has 4 N–H and O–H groups in total. The van der Waals surface area contributed by atoms with Crippen LogP contribution in [-0.4, -0.2) is 28.7 Å². The zero-order valence-electron chi connectivity index (χ0n) is 6.60. The van der Waals surface area contributed by atoms with E-state index in [1.165, 1.54) is 0 Å². The van der Waals surface area contributed by atoms with Gasteiger partial charge in [-0.3, -0.25) is 0 Å². The third kappa shape index (κ3) is 3.35. The van der Waals surface area contributed by atoms with Crippen molar-refractivity contribution in [1.82, 2.24) is 0 Å². The normalized spacial score (nSPS) is 13.1. The van der Waals surface area contributed by atoms with Crippen LogP contribution in [0.1, 0.15) is 0 Å². The maximum absolute atomic E-state index is 10.5. The quantitative estimate of drug-likeness (QED) is 0.490. The Morgan fingerprint density at radius 2 is 2.08 bits per heavy atom. The van der Waals surface area contributed by atoms with Gasteiger partial charge in [-0.15, -0.1) is 0 Å². The summed E-state index contributed by atoms with van der Waals surface area (Å²) < 4.78 is 0. The highest BCUT2D eigenvalue weighted by molar-refractivity contribution is 5.95. The molecule has 0 radical (unpaired) electrons. The Morgan fingerprint density at radius 3 is 2.31 bits per heavy atom. The summed E-state index contributed by atoms with van der Waals surface area (Å²) in [4.78, 5) is 20.6. The number of aliphatic carboxylic acids is 2. The SMILES string of the molecule is N#CC(CN)/C(=C/C(=O)O)C(=O)O. The fourth-order valence-electron chi connectivity index (χ4n) is 0.694.